The minimum Gasteiger partial charge on any atom is -0.464 e. The fourth-order valence-electron chi connectivity index (χ4n) is 1.96. The van der Waals surface area contributed by atoms with Crippen LogP contribution in [0.3, 0.4) is 0 Å². The number of hydrogen-bond donors (Lipinski definition) is 1. The Morgan fingerprint density at radius 3 is 2.50 bits per heavy atom. The molecular formula is C16H19NO5. The summed E-state index contributed by atoms with van der Waals surface area (Å²) < 4.78 is 9.88. The normalized spacial score (nSPS) is 14.8. The molecule has 2 rings (SSSR count). The zero-order chi connectivity index (χ0) is 15.9. The lowest BCUT2D eigenvalue weighted by molar-refractivity contribution is -0.148. The van der Waals surface area contributed by atoms with Gasteiger partial charge in [0.1, 0.15) is 5.75 Å². The quantitative estimate of drug-likeness (QED) is 0.616. The molecule has 1 atom stereocenters. The average molecular weight is 305 g/mol. The van der Waals surface area contributed by atoms with Crippen LogP contribution in [0.25, 0.3) is 0 Å². The van der Waals surface area contributed by atoms with E-state index in [-0.39, 0.29) is 18.8 Å². The van der Waals surface area contributed by atoms with Crippen LogP contribution in [0.15, 0.2) is 30.3 Å². The number of amides is 1. The van der Waals surface area contributed by atoms with E-state index in [1.165, 1.54) is 0 Å². The van der Waals surface area contributed by atoms with E-state index in [0.717, 1.165) is 12.8 Å². The van der Waals surface area contributed by atoms with Gasteiger partial charge in [-0.3, -0.25) is 4.79 Å². The molecular weight excluding hydrogens is 286 g/mol. The van der Waals surface area contributed by atoms with Crippen LogP contribution in [-0.2, 0) is 14.3 Å². The SMILES string of the molecule is CCOC(=O)C(NC(=O)Oc1ccccc1)C(=O)CC1CC1. The molecule has 0 aromatic heterocycles. The monoisotopic (exact) mass is 305 g/mol. The van der Waals surface area contributed by atoms with Crippen molar-refractivity contribution in [2.75, 3.05) is 6.61 Å². The van der Waals surface area contributed by atoms with Gasteiger partial charge < -0.3 is 14.8 Å². The van der Waals surface area contributed by atoms with Crippen molar-refractivity contribution in [2.24, 2.45) is 5.92 Å². The van der Waals surface area contributed by atoms with Crippen LogP contribution >= 0.6 is 0 Å². The molecule has 1 fully saturated rings. The molecule has 6 nitrogen and oxygen atoms in total. The molecule has 1 aliphatic carbocycles. The number of rotatable bonds is 7. The van der Waals surface area contributed by atoms with Gasteiger partial charge >= 0.3 is 12.1 Å². The number of nitrogens with one attached hydrogen (secondary N) is 1. The van der Waals surface area contributed by atoms with E-state index in [4.69, 9.17) is 9.47 Å². The third-order valence-corrected chi connectivity index (χ3v) is 3.25. The van der Waals surface area contributed by atoms with Gasteiger partial charge in [0, 0.05) is 6.42 Å². The Morgan fingerprint density at radius 2 is 1.91 bits per heavy atom. The van der Waals surface area contributed by atoms with Crippen LogP contribution in [0.2, 0.25) is 0 Å². The summed E-state index contributed by atoms with van der Waals surface area (Å²) in [6.07, 6.45) is 1.38. The number of ketones is 1. The highest BCUT2D eigenvalue weighted by molar-refractivity contribution is 6.05. The highest BCUT2D eigenvalue weighted by atomic mass is 16.6. The van der Waals surface area contributed by atoms with Crippen molar-refractivity contribution in [2.45, 2.75) is 32.2 Å². The van der Waals surface area contributed by atoms with Crippen molar-refractivity contribution in [1.82, 2.24) is 5.32 Å². The molecule has 1 unspecified atom stereocenters. The first-order chi connectivity index (χ1) is 10.6. The van der Waals surface area contributed by atoms with Crippen molar-refractivity contribution >= 4 is 17.8 Å². The summed E-state index contributed by atoms with van der Waals surface area (Å²) in [7, 11) is 0. The molecule has 1 N–H and O–H groups in total. The third kappa shape index (κ3) is 4.87. The van der Waals surface area contributed by atoms with E-state index in [2.05, 4.69) is 5.32 Å². The summed E-state index contributed by atoms with van der Waals surface area (Å²) in [6, 6.07) is 7.10. The summed E-state index contributed by atoms with van der Waals surface area (Å²) in [5, 5.41) is 2.30. The lowest BCUT2D eigenvalue weighted by atomic mass is 10.1. The van der Waals surface area contributed by atoms with Gasteiger partial charge in [-0.2, -0.15) is 0 Å². The van der Waals surface area contributed by atoms with Crippen LogP contribution in [0, 0.1) is 5.92 Å². The zero-order valence-corrected chi connectivity index (χ0v) is 12.4. The van der Waals surface area contributed by atoms with Gasteiger partial charge in [-0.25, -0.2) is 9.59 Å². The molecule has 0 saturated heterocycles. The number of carbonyl (C=O) groups excluding carboxylic acids is 3. The number of ether oxygens (including phenoxy) is 2. The third-order valence-electron chi connectivity index (χ3n) is 3.25. The maximum absolute atomic E-state index is 12.1. The largest absolute Gasteiger partial charge is 0.464 e. The molecule has 1 saturated carbocycles. The molecule has 0 radical (unpaired) electrons. The fourth-order valence-corrected chi connectivity index (χ4v) is 1.96. The predicted octanol–water partition coefficient (Wildman–Crippen LogP) is 2.08. The summed E-state index contributed by atoms with van der Waals surface area (Å²) in [5.74, 6) is -0.447. The number of hydrogen-bond acceptors (Lipinski definition) is 5. The van der Waals surface area contributed by atoms with Crippen molar-refractivity contribution in [1.29, 1.82) is 0 Å². The zero-order valence-electron chi connectivity index (χ0n) is 12.4. The van der Waals surface area contributed by atoms with E-state index in [0.29, 0.717) is 11.7 Å². The van der Waals surface area contributed by atoms with E-state index < -0.39 is 18.1 Å². The van der Waals surface area contributed by atoms with Gasteiger partial charge in [-0.15, -0.1) is 0 Å². The molecule has 1 aliphatic rings. The molecule has 0 aliphatic heterocycles. The molecule has 118 valence electrons. The highest BCUT2D eigenvalue weighted by Gasteiger charge is 2.34. The molecule has 0 bridgehead atoms. The lowest BCUT2D eigenvalue weighted by Gasteiger charge is -2.16. The Labute approximate surface area is 128 Å². The summed E-state index contributed by atoms with van der Waals surface area (Å²) in [4.78, 5) is 35.8. The standard InChI is InChI=1S/C16H19NO5/c1-2-21-15(19)14(13(18)10-11-8-9-11)17-16(20)22-12-6-4-3-5-7-12/h3-7,11,14H,2,8-10H2,1H3,(H,17,20). The maximum Gasteiger partial charge on any atom is 0.413 e. The van der Waals surface area contributed by atoms with Crippen LogP contribution in [0.5, 0.6) is 5.75 Å². The Hall–Kier alpha value is -2.37. The van der Waals surface area contributed by atoms with Crippen LogP contribution < -0.4 is 10.1 Å². The summed E-state index contributed by atoms with van der Waals surface area (Å²) in [6.45, 7) is 1.78. The molecule has 1 aromatic rings. The topological polar surface area (TPSA) is 81.7 Å². The summed E-state index contributed by atoms with van der Waals surface area (Å²) in [5.41, 5.74) is 0. The minimum absolute atomic E-state index is 0.140. The molecule has 1 amide bonds. The Kier molecular flexibility index (Phi) is 5.52. The maximum atomic E-state index is 12.1. The highest BCUT2D eigenvalue weighted by Crippen LogP contribution is 2.32. The summed E-state index contributed by atoms with van der Waals surface area (Å²) >= 11 is 0. The second-order valence-corrected chi connectivity index (χ2v) is 5.15. The number of benzene rings is 1. The van der Waals surface area contributed by atoms with Gasteiger partial charge in [0.15, 0.2) is 11.8 Å². The Bertz CT molecular complexity index is 539. The number of para-hydroxylation sites is 1. The van der Waals surface area contributed by atoms with E-state index in [9.17, 15) is 14.4 Å². The fraction of sp³-hybridized carbons (Fsp3) is 0.438. The second kappa shape index (κ2) is 7.59. The lowest BCUT2D eigenvalue weighted by Crippen LogP contribution is -2.48. The van der Waals surface area contributed by atoms with E-state index in [1.54, 1.807) is 37.3 Å². The van der Waals surface area contributed by atoms with Crippen LogP contribution in [0.4, 0.5) is 4.79 Å². The first-order valence-electron chi connectivity index (χ1n) is 7.33. The number of esters is 1. The smallest absolute Gasteiger partial charge is 0.413 e. The van der Waals surface area contributed by atoms with E-state index >= 15 is 0 Å². The molecule has 1 aromatic carbocycles. The Morgan fingerprint density at radius 1 is 1.23 bits per heavy atom. The van der Waals surface area contributed by atoms with Gasteiger partial charge in [0.2, 0.25) is 0 Å². The predicted molar refractivity (Wildman–Crippen MR) is 78.4 cm³/mol. The number of Topliss-reactive ketones (excluding diaryl/α,β-unsaturated/α-hetero) is 1. The van der Waals surface area contributed by atoms with E-state index in [1.807, 2.05) is 0 Å². The second-order valence-electron chi connectivity index (χ2n) is 5.15. The van der Waals surface area contributed by atoms with Crippen molar-refractivity contribution in [3.05, 3.63) is 30.3 Å². The molecule has 0 heterocycles. The van der Waals surface area contributed by atoms with Crippen LogP contribution in [-0.4, -0.2) is 30.5 Å². The first kappa shape index (κ1) is 16.0. The first-order valence-corrected chi connectivity index (χ1v) is 7.33. The van der Waals surface area contributed by atoms with Gasteiger partial charge in [-0.1, -0.05) is 18.2 Å². The minimum atomic E-state index is -1.31. The van der Waals surface area contributed by atoms with Gasteiger partial charge in [0.25, 0.3) is 0 Å². The molecule has 6 heteroatoms. The van der Waals surface area contributed by atoms with Crippen molar-refractivity contribution in [3.63, 3.8) is 0 Å². The van der Waals surface area contributed by atoms with Gasteiger partial charge in [-0.05, 0) is 37.8 Å². The van der Waals surface area contributed by atoms with Crippen LogP contribution in [0.1, 0.15) is 26.2 Å². The average Bonchev–Trinajstić information content (AvgIpc) is 3.30. The Balaban J connectivity index is 1.96. The van der Waals surface area contributed by atoms with Crippen molar-refractivity contribution in [3.8, 4) is 5.75 Å². The van der Waals surface area contributed by atoms with Gasteiger partial charge in [0.05, 0.1) is 6.61 Å². The number of carbonyl (C=O) groups is 3. The van der Waals surface area contributed by atoms with Crippen molar-refractivity contribution < 1.29 is 23.9 Å². The molecule has 0 spiro atoms. The molecule has 22 heavy (non-hydrogen) atoms.